The molecule has 2 rings (SSSR count). The lowest BCUT2D eigenvalue weighted by Crippen LogP contribution is -2.50. The minimum atomic E-state index is -3.67. The predicted molar refractivity (Wildman–Crippen MR) is 84.0 cm³/mol. The van der Waals surface area contributed by atoms with Crippen molar-refractivity contribution in [3.05, 3.63) is 35.4 Å². The molecule has 0 saturated heterocycles. The van der Waals surface area contributed by atoms with E-state index in [0.29, 0.717) is 6.26 Å². The molecule has 0 aliphatic carbocycles. The Morgan fingerprint density at radius 3 is 2.05 bits per heavy atom. The van der Waals surface area contributed by atoms with Gasteiger partial charge in [-0.25, -0.2) is 4.79 Å². The van der Waals surface area contributed by atoms with Gasteiger partial charge in [0, 0.05) is 0 Å². The van der Waals surface area contributed by atoms with Crippen LogP contribution in [0.4, 0.5) is 0 Å². The van der Waals surface area contributed by atoms with E-state index in [-0.39, 0.29) is 12.2 Å². The Labute approximate surface area is 132 Å². The molecule has 0 bridgehead atoms. The Kier molecular flexibility index (Phi) is 6.10. The SMILES string of the molecule is CC[N+](CC)(CC)C1OC(=O)c2ccccc21.CS(=O)(=O)O. The van der Waals surface area contributed by atoms with Crippen LogP contribution in [-0.2, 0) is 14.9 Å². The lowest BCUT2D eigenvalue weighted by molar-refractivity contribution is -0.970. The number of esters is 1. The molecule has 0 fully saturated rings. The van der Waals surface area contributed by atoms with Gasteiger partial charge in [0.25, 0.3) is 16.3 Å². The quantitative estimate of drug-likeness (QED) is 0.520. The molecule has 1 unspecified atom stereocenters. The maximum atomic E-state index is 11.8. The van der Waals surface area contributed by atoms with E-state index in [1.54, 1.807) is 0 Å². The van der Waals surface area contributed by atoms with Crippen molar-refractivity contribution in [2.75, 3.05) is 25.9 Å². The first-order valence-electron chi connectivity index (χ1n) is 7.26. The summed E-state index contributed by atoms with van der Waals surface area (Å²) in [4.78, 5) is 11.8. The molecule has 6 nitrogen and oxygen atoms in total. The summed E-state index contributed by atoms with van der Waals surface area (Å²) < 4.78 is 32.3. The zero-order valence-electron chi connectivity index (χ0n) is 13.4. The van der Waals surface area contributed by atoms with Crippen LogP contribution in [0, 0.1) is 0 Å². The average molecular weight is 330 g/mol. The Morgan fingerprint density at radius 2 is 1.59 bits per heavy atom. The molecular weight excluding hydrogens is 306 g/mol. The highest BCUT2D eigenvalue weighted by Gasteiger charge is 2.43. The van der Waals surface area contributed by atoms with Crippen molar-refractivity contribution >= 4 is 16.1 Å². The number of carbonyl (C=O) groups excluding carboxylic acids is 1. The molecule has 1 N–H and O–H groups in total. The zero-order chi connectivity index (χ0) is 17.0. The first-order chi connectivity index (χ1) is 10.2. The lowest BCUT2D eigenvalue weighted by Gasteiger charge is -2.39. The number of nitrogens with zero attached hydrogens (tertiary/aromatic N) is 1. The van der Waals surface area contributed by atoms with Crippen molar-refractivity contribution in [1.82, 2.24) is 0 Å². The summed E-state index contributed by atoms with van der Waals surface area (Å²) in [5.41, 5.74) is 1.78. The maximum Gasteiger partial charge on any atom is 0.343 e. The van der Waals surface area contributed by atoms with Gasteiger partial charge in [0.15, 0.2) is 0 Å². The molecular formula is C15H24NO5S+. The van der Waals surface area contributed by atoms with Gasteiger partial charge < -0.3 is 4.74 Å². The molecule has 124 valence electrons. The Hall–Kier alpha value is -1.44. The van der Waals surface area contributed by atoms with Crippen molar-refractivity contribution in [3.63, 3.8) is 0 Å². The molecule has 1 aromatic carbocycles. The smallest absolute Gasteiger partial charge is 0.343 e. The second-order valence-electron chi connectivity index (χ2n) is 5.25. The van der Waals surface area contributed by atoms with Crippen molar-refractivity contribution in [2.24, 2.45) is 0 Å². The summed E-state index contributed by atoms with van der Waals surface area (Å²) in [6, 6.07) is 7.73. The topological polar surface area (TPSA) is 80.7 Å². The number of carbonyl (C=O) groups is 1. The number of benzene rings is 1. The summed E-state index contributed by atoms with van der Waals surface area (Å²) in [5.74, 6) is -0.177. The molecule has 1 aliphatic heterocycles. The number of fused-ring (bicyclic) bond motifs is 1. The van der Waals surface area contributed by atoms with Gasteiger partial charge in [0.1, 0.15) is 0 Å². The minimum absolute atomic E-state index is 0.126. The third kappa shape index (κ3) is 4.28. The van der Waals surface area contributed by atoms with E-state index in [9.17, 15) is 13.2 Å². The van der Waals surface area contributed by atoms with Crippen LogP contribution in [0.2, 0.25) is 0 Å². The fourth-order valence-electron chi connectivity index (χ4n) is 2.70. The molecule has 0 radical (unpaired) electrons. The molecule has 0 aromatic heterocycles. The second kappa shape index (κ2) is 7.21. The molecule has 1 aliphatic rings. The summed E-state index contributed by atoms with van der Waals surface area (Å²) in [7, 11) is -3.67. The van der Waals surface area contributed by atoms with Crippen LogP contribution >= 0.6 is 0 Å². The number of cyclic esters (lactones) is 1. The van der Waals surface area contributed by atoms with Gasteiger partial charge in [-0.05, 0) is 32.9 Å². The Balaban J connectivity index is 0.000000422. The molecule has 0 saturated carbocycles. The highest BCUT2D eigenvalue weighted by molar-refractivity contribution is 7.85. The Bertz CT molecular complexity index is 606. The van der Waals surface area contributed by atoms with Crippen LogP contribution in [0.25, 0.3) is 0 Å². The molecule has 1 atom stereocenters. The highest BCUT2D eigenvalue weighted by atomic mass is 32.2. The number of hydrogen-bond acceptors (Lipinski definition) is 4. The summed E-state index contributed by atoms with van der Waals surface area (Å²) in [5, 5.41) is 0. The van der Waals surface area contributed by atoms with Gasteiger partial charge in [-0.2, -0.15) is 8.42 Å². The van der Waals surface area contributed by atoms with Crippen molar-refractivity contribution < 1.29 is 27.0 Å². The fraction of sp³-hybridized carbons (Fsp3) is 0.533. The summed E-state index contributed by atoms with van der Waals surface area (Å²) in [6.45, 7) is 9.38. The van der Waals surface area contributed by atoms with E-state index < -0.39 is 10.1 Å². The van der Waals surface area contributed by atoms with E-state index in [4.69, 9.17) is 9.29 Å². The zero-order valence-corrected chi connectivity index (χ0v) is 14.3. The van der Waals surface area contributed by atoms with E-state index in [0.717, 1.165) is 35.2 Å². The largest absolute Gasteiger partial charge is 0.404 e. The predicted octanol–water partition coefficient (Wildman–Crippen LogP) is 2.24. The second-order valence-corrected chi connectivity index (χ2v) is 6.71. The van der Waals surface area contributed by atoms with Crippen LogP contribution in [-0.4, -0.2) is 49.3 Å². The monoisotopic (exact) mass is 330 g/mol. The van der Waals surface area contributed by atoms with Crippen LogP contribution in [0.1, 0.15) is 42.9 Å². The highest BCUT2D eigenvalue weighted by Crippen LogP contribution is 2.37. The van der Waals surface area contributed by atoms with Crippen LogP contribution in [0.3, 0.4) is 0 Å². The maximum absolute atomic E-state index is 11.8. The van der Waals surface area contributed by atoms with Crippen molar-refractivity contribution in [1.29, 1.82) is 0 Å². The van der Waals surface area contributed by atoms with Gasteiger partial charge in [0.05, 0.1) is 37.0 Å². The summed E-state index contributed by atoms with van der Waals surface area (Å²) in [6.07, 6.45) is 0.589. The number of rotatable bonds is 4. The average Bonchev–Trinajstić information content (AvgIpc) is 2.79. The molecule has 7 heteroatoms. The van der Waals surface area contributed by atoms with Gasteiger partial charge in [-0.15, -0.1) is 0 Å². The third-order valence-electron chi connectivity index (χ3n) is 4.05. The molecule has 0 spiro atoms. The minimum Gasteiger partial charge on any atom is -0.404 e. The Morgan fingerprint density at radius 1 is 1.14 bits per heavy atom. The molecule has 1 heterocycles. The first kappa shape index (κ1) is 18.6. The molecule has 22 heavy (non-hydrogen) atoms. The van der Waals surface area contributed by atoms with Gasteiger partial charge in [-0.1, -0.05) is 12.1 Å². The van der Waals surface area contributed by atoms with Crippen molar-refractivity contribution in [3.8, 4) is 0 Å². The fourth-order valence-corrected chi connectivity index (χ4v) is 2.70. The lowest BCUT2D eigenvalue weighted by atomic mass is 10.1. The van der Waals surface area contributed by atoms with Gasteiger partial charge in [-0.3, -0.25) is 9.04 Å². The van der Waals surface area contributed by atoms with E-state index in [1.807, 2.05) is 24.3 Å². The molecule has 1 aromatic rings. The number of quaternary nitrogens is 1. The van der Waals surface area contributed by atoms with E-state index >= 15 is 0 Å². The standard InChI is InChI=1S/C14H20NO2.CH4O3S/c1-4-15(5-2,6-3)13-11-9-7-8-10-12(11)14(16)17-13;1-5(2,3)4/h7-10,13H,4-6H2,1-3H3;1H3,(H,2,3,4)/q+1;. The summed E-state index contributed by atoms with van der Waals surface area (Å²) >= 11 is 0. The van der Waals surface area contributed by atoms with E-state index in [1.165, 1.54) is 0 Å². The van der Waals surface area contributed by atoms with Crippen LogP contribution in [0.15, 0.2) is 24.3 Å². The van der Waals surface area contributed by atoms with Crippen LogP contribution in [0.5, 0.6) is 0 Å². The van der Waals surface area contributed by atoms with Gasteiger partial charge in [0.2, 0.25) is 0 Å². The van der Waals surface area contributed by atoms with Gasteiger partial charge >= 0.3 is 5.97 Å². The normalized spacial score (nSPS) is 17.3. The van der Waals surface area contributed by atoms with E-state index in [2.05, 4.69) is 20.8 Å². The molecule has 0 amide bonds. The van der Waals surface area contributed by atoms with Crippen molar-refractivity contribution in [2.45, 2.75) is 27.0 Å². The number of hydrogen-bond donors (Lipinski definition) is 1. The number of ether oxygens (including phenoxy) is 1. The van der Waals surface area contributed by atoms with Crippen LogP contribution < -0.4 is 0 Å². The first-order valence-corrected chi connectivity index (χ1v) is 9.11. The third-order valence-corrected chi connectivity index (χ3v) is 4.05.